The van der Waals surface area contributed by atoms with Gasteiger partial charge in [-0.1, -0.05) is 49.7 Å². The van der Waals surface area contributed by atoms with E-state index in [1.165, 1.54) is 30.5 Å². The van der Waals surface area contributed by atoms with E-state index in [4.69, 9.17) is 21.7 Å². The van der Waals surface area contributed by atoms with Crippen LogP contribution in [0.3, 0.4) is 0 Å². The molecule has 4 rings (SSSR count). The van der Waals surface area contributed by atoms with Crippen LogP contribution in [0.1, 0.15) is 50.1 Å². The fourth-order valence-corrected chi connectivity index (χ4v) is 5.26. The van der Waals surface area contributed by atoms with Gasteiger partial charge in [-0.25, -0.2) is 9.50 Å². The van der Waals surface area contributed by atoms with Gasteiger partial charge in [0.15, 0.2) is 5.65 Å². The summed E-state index contributed by atoms with van der Waals surface area (Å²) < 4.78 is 2.08. The Hall–Kier alpha value is -1.17. The van der Waals surface area contributed by atoms with Crippen molar-refractivity contribution in [1.29, 1.82) is 0 Å². The van der Waals surface area contributed by atoms with Crippen molar-refractivity contribution in [1.82, 2.24) is 14.6 Å². The average molecular weight is 420 g/mol. The second kappa shape index (κ2) is 9.35. The van der Waals surface area contributed by atoms with E-state index >= 15 is 0 Å². The molecule has 3 aromatic rings. The molecule has 0 N–H and O–H groups in total. The fourth-order valence-electron chi connectivity index (χ4n) is 3.27. The van der Waals surface area contributed by atoms with Crippen LogP contribution < -0.4 is 0 Å². The first-order chi connectivity index (χ1) is 13.1. The molecule has 3 nitrogen and oxygen atoms in total. The van der Waals surface area contributed by atoms with E-state index in [-0.39, 0.29) is 0 Å². The fraction of sp³-hybridized carbons (Fsp3) is 0.429. The molecular formula is C21H26ClN3S2. The highest BCUT2D eigenvalue weighted by molar-refractivity contribution is 8.02. The van der Waals surface area contributed by atoms with Gasteiger partial charge in [0.05, 0.1) is 4.90 Å². The minimum Gasteiger partial charge on any atom is -0.232 e. The Kier molecular flexibility index (Phi) is 7.12. The Morgan fingerprint density at radius 1 is 1.19 bits per heavy atom. The molecule has 0 amide bonds. The molecule has 1 aromatic carbocycles. The lowest BCUT2D eigenvalue weighted by atomic mass is 9.95. The number of nitrogens with zero attached hydrogens (tertiary/aromatic N) is 3. The summed E-state index contributed by atoms with van der Waals surface area (Å²) in [5.41, 5.74) is 4.86. The molecule has 0 saturated heterocycles. The Balaban J connectivity index is 0.000000659. The molecular weight excluding hydrogens is 394 g/mol. The molecule has 0 fully saturated rings. The summed E-state index contributed by atoms with van der Waals surface area (Å²) >= 11 is 9.51. The van der Waals surface area contributed by atoms with E-state index in [1.807, 2.05) is 18.2 Å². The van der Waals surface area contributed by atoms with Crippen LogP contribution in [0.25, 0.3) is 5.65 Å². The third-order valence-electron chi connectivity index (χ3n) is 4.40. The number of hydrogen-bond donors (Lipinski definition) is 0. The molecule has 2 heterocycles. The van der Waals surface area contributed by atoms with Gasteiger partial charge in [0.25, 0.3) is 0 Å². The lowest BCUT2D eigenvalue weighted by Gasteiger charge is -2.18. The number of aryl methyl sites for hydroxylation is 2. The summed E-state index contributed by atoms with van der Waals surface area (Å²) in [5, 5.41) is 6.65. The van der Waals surface area contributed by atoms with Crippen molar-refractivity contribution in [3.63, 3.8) is 0 Å². The standard InChI is InChI=1S/C18H18ClN3S2.C3H8/c1-11-14-8-3-4-9-15(14)22-17(20-11)16(18(21-22)23-2)24-13-7-5-6-12(19)10-13;1-3-2/h5-7,10H,3-4,8-9H2,1-2H3;3H2,1-2H3. The first-order valence-electron chi connectivity index (χ1n) is 9.47. The largest absolute Gasteiger partial charge is 0.232 e. The summed E-state index contributed by atoms with van der Waals surface area (Å²) in [5.74, 6) is 0. The van der Waals surface area contributed by atoms with Crippen LogP contribution in [0.5, 0.6) is 0 Å². The number of benzene rings is 1. The van der Waals surface area contributed by atoms with Crippen molar-refractivity contribution in [3.05, 3.63) is 46.2 Å². The molecule has 27 heavy (non-hydrogen) atoms. The lowest BCUT2D eigenvalue weighted by molar-refractivity contribution is 0.632. The van der Waals surface area contributed by atoms with Gasteiger partial charge in [-0.2, -0.15) is 5.10 Å². The second-order valence-corrected chi connectivity index (χ2v) is 8.99. The van der Waals surface area contributed by atoms with Crippen LogP contribution in [0.2, 0.25) is 5.02 Å². The van der Waals surface area contributed by atoms with Crippen LogP contribution in [0.4, 0.5) is 0 Å². The van der Waals surface area contributed by atoms with Crippen LogP contribution in [-0.4, -0.2) is 20.9 Å². The zero-order valence-corrected chi connectivity index (χ0v) is 18.8. The maximum atomic E-state index is 6.14. The van der Waals surface area contributed by atoms with Crippen molar-refractivity contribution in [2.24, 2.45) is 0 Å². The quantitative estimate of drug-likeness (QED) is 0.434. The number of hydrogen-bond acceptors (Lipinski definition) is 4. The monoisotopic (exact) mass is 419 g/mol. The summed E-state index contributed by atoms with van der Waals surface area (Å²) in [6, 6.07) is 7.95. The zero-order valence-electron chi connectivity index (χ0n) is 16.4. The Bertz CT molecular complexity index is 937. The average Bonchev–Trinajstić information content (AvgIpc) is 3.00. The molecule has 2 aromatic heterocycles. The third-order valence-corrected chi connectivity index (χ3v) is 6.51. The van der Waals surface area contributed by atoms with Crippen molar-refractivity contribution in [2.45, 2.75) is 67.7 Å². The Morgan fingerprint density at radius 2 is 1.93 bits per heavy atom. The highest BCUT2D eigenvalue weighted by atomic mass is 35.5. The first kappa shape index (κ1) is 20.6. The molecule has 1 aliphatic rings. The lowest BCUT2D eigenvalue weighted by Crippen LogP contribution is -2.13. The van der Waals surface area contributed by atoms with E-state index in [2.05, 4.69) is 37.6 Å². The minimum absolute atomic E-state index is 0.753. The number of rotatable bonds is 3. The van der Waals surface area contributed by atoms with E-state index in [9.17, 15) is 0 Å². The second-order valence-electron chi connectivity index (χ2n) is 6.67. The van der Waals surface area contributed by atoms with Gasteiger partial charge in [-0.3, -0.25) is 0 Å². The molecule has 0 spiro atoms. The number of thioether (sulfide) groups is 1. The van der Waals surface area contributed by atoms with E-state index < -0.39 is 0 Å². The highest BCUT2D eigenvalue weighted by Gasteiger charge is 2.22. The SMILES string of the molecule is CCC.CSc1nn2c3c(c(C)nc2c1Sc1cccc(Cl)c1)CCCC3. The molecule has 0 aliphatic heterocycles. The van der Waals surface area contributed by atoms with Gasteiger partial charge in [0.1, 0.15) is 5.03 Å². The summed E-state index contributed by atoms with van der Waals surface area (Å²) in [4.78, 5) is 7.15. The molecule has 1 aliphatic carbocycles. The summed E-state index contributed by atoms with van der Waals surface area (Å²) in [7, 11) is 0. The summed E-state index contributed by atoms with van der Waals surface area (Å²) in [6.07, 6.45) is 8.02. The number of aromatic nitrogens is 3. The van der Waals surface area contributed by atoms with E-state index in [0.29, 0.717) is 0 Å². The van der Waals surface area contributed by atoms with Crippen LogP contribution >= 0.6 is 35.1 Å². The van der Waals surface area contributed by atoms with Crippen molar-refractivity contribution in [2.75, 3.05) is 6.26 Å². The van der Waals surface area contributed by atoms with E-state index in [0.717, 1.165) is 44.0 Å². The van der Waals surface area contributed by atoms with Gasteiger partial charge in [-0.05, 0) is 62.6 Å². The van der Waals surface area contributed by atoms with Crippen LogP contribution in [-0.2, 0) is 12.8 Å². The van der Waals surface area contributed by atoms with Gasteiger partial charge in [0, 0.05) is 21.3 Å². The topological polar surface area (TPSA) is 30.2 Å². The highest BCUT2D eigenvalue weighted by Crippen LogP contribution is 2.39. The molecule has 0 atom stereocenters. The van der Waals surface area contributed by atoms with E-state index in [1.54, 1.807) is 23.5 Å². The van der Waals surface area contributed by atoms with Gasteiger partial charge in [-0.15, -0.1) is 11.8 Å². The van der Waals surface area contributed by atoms with Crippen molar-refractivity contribution in [3.8, 4) is 0 Å². The molecule has 0 bridgehead atoms. The third kappa shape index (κ3) is 4.47. The molecule has 0 unspecified atom stereocenters. The molecule has 0 saturated carbocycles. The summed E-state index contributed by atoms with van der Waals surface area (Å²) in [6.45, 7) is 6.38. The Morgan fingerprint density at radius 3 is 2.63 bits per heavy atom. The maximum absolute atomic E-state index is 6.14. The first-order valence-corrected chi connectivity index (χ1v) is 11.9. The van der Waals surface area contributed by atoms with Crippen molar-refractivity contribution >= 4 is 40.8 Å². The molecule has 0 radical (unpaired) electrons. The van der Waals surface area contributed by atoms with Gasteiger partial charge in [0.2, 0.25) is 0 Å². The number of fused-ring (bicyclic) bond motifs is 3. The Labute approximate surface area is 175 Å². The normalized spacial score (nSPS) is 13.2. The zero-order chi connectivity index (χ0) is 19.4. The van der Waals surface area contributed by atoms with Crippen LogP contribution in [0.15, 0.2) is 39.1 Å². The van der Waals surface area contributed by atoms with Gasteiger partial charge >= 0.3 is 0 Å². The van der Waals surface area contributed by atoms with Crippen molar-refractivity contribution < 1.29 is 0 Å². The van der Waals surface area contributed by atoms with Gasteiger partial charge < -0.3 is 0 Å². The predicted octanol–water partition coefficient (Wildman–Crippen LogP) is 6.86. The minimum atomic E-state index is 0.753. The number of halogens is 1. The predicted molar refractivity (Wildman–Crippen MR) is 118 cm³/mol. The molecule has 6 heteroatoms. The maximum Gasteiger partial charge on any atom is 0.170 e. The molecule has 144 valence electrons. The van der Waals surface area contributed by atoms with Crippen LogP contribution in [0, 0.1) is 6.92 Å². The smallest absolute Gasteiger partial charge is 0.170 e.